The Morgan fingerprint density at radius 2 is 2.14 bits per heavy atom. The zero-order chi connectivity index (χ0) is 15.6. The summed E-state index contributed by atoms with van der Waals surface area (Å²) in [6, 6.07) is 3.53. The molecule has 1 aliphatic heterocycles. The van der Waals surface area contributed by atoms with Gasteiger partial charge in [0, 0.05) is 24.5 Å². The van der Waals surface area contributed by atoms with Crippen molar-refractivity contribution >= 4 is 23.3 Å². The molecule has 0 fully saturated rings. The lowest BCUT2D eigenvalue weighted by Gasteiger charge is -2.29. The molecule has 1 unspecified atom stereocenters. The minimum Gasteiger partial charge on any atom is -0.493 e. The molecule has 114 valence electrons. The van der Waals surface area contributed by atoms with Crippen molar-refractivity contribution in [2.24, 2.45) is 0 Å². The van der Waals surface area contributed by atoms with E-state index in [0.717, 1.165) is 16.9 Å². The summed E-state index contributed by atoms with van der Waals surface area (Å²) in [5, 5.41) is 2.93. The van der Waals surface area contributed by atoms with Crippen molar-refractivity contribution in [3.63, 3.8) is 0 Å². The number of benzene rings is 1. The third kappa shape index (κ3) is 3.38. The molecule has 1 heterocycles. The molecule has 0 radical (unpaired) electrons. The molecule has 1 aromatic carbocycles. The molecule has 0 saturated heterocycles. The van der Waals surface area contributed by atoms with Crippen LogP contribution in [-0.4, -0.2) is 24.2 Å². The molecule has 1 atom stereocenters. The number of carbonyl (C=O) groups excluding carboxylic acids is 2. The van der Waals surface area contributed by atoms with Crippen LogP contribution in [0.25, 0.3) is 0 Å². The molecule has 0 spiro atoms. The van der Waals surface area contributed by atoms with Crippen molar-refractivity contribution in [1.29, 1.82) is 0 Å². The first-order valence-corrected chi connectivity index (χ1v) is 7.64. The van der Waals surface area contributed by atoms with Crippen LogP contribution in [-0.2, 0) is 4.79 Å². The van der Waals surface area contributed by atoms with E-state index in [4.69, 9.17) is 16.3 Å². The van der Waals surface area contributed by atoms with Gasteiger partial charge in [-0.3, -0.25) is 9.59 Å². The van der Waals surface area contributed by atoms with Crippen LogP contribution in [0.4, 0.5) is 0 Å². The molecule has 5 heteroatoms. The molecule has 0 bridgehead atoms. The second kappa shape index (κ2) is 6.48. The van der Waals surface area contributed by atoms with E-state index in [1.54, 1.807) is 6.07 Å². The first kappa shape index (κ1) is 15.8. The molecule has 1 N–H and O–H groups in total. The molecule has 0 aliphatic carbocycles. The van der Waals surface area contributed by atoms with Gasteiger partial charge in [-0.1, -0.05) is 13.8 Å². The molecule has 4 nitrogen and oxygen atoms in total. The Morgan fingerprint density at radius 3 is 2.71 bits per heavy atom. The van der Waals surface area contributed by atoms with Crippen molar-refractivity contribution < 1.29 is 14.3 Å². The maximum atomic E-state index is 11.9. The zero-order valence-electron chi connectivity index (χ0n) is 12.5. The van der Waals surface area contributed by atoms with Gasteiger partial charge < -0.3 is 10.1 Å². The van der Waals surface area contributed by atoms with Gasteiger partial charge in [-0.05, 0) is 23.6 Å². The number of halogens is 1. The Kier molecular flexibility index (Phi) is 4.88. The lowest BCUT2D eigenvalue weighted by atomic mass is 9.90. The average Bonchev–Trinajstić information content (AvgIpc) is 2.45. The number of fused-ring (bicyclic) bond motifs is 1. The Morgan fingerprint density at radius 1 is 1.43 bits per heavy atom. The number of amides is 1. The first-order chi connectivity index (χ1) is 9.93. The fourth-order valence-corrected chi connectivity index (χ4v) is 2.75. The lowest BCUT2D eigenvalue weighted by Crippen LogP contribution is -2.31. The molecule has 1 aliphatic rings. The van der Waals surface area contributed by atoms with Crippen LogP contribution >= 0.6 is 11.6 Å². The number of alkyl halides is 1. The Bertz CT molecular complexity index is 569. The van der Waals surface area contributed by atoms with Crippen LogP contribution in [0.15, 0.2) is 12.1 Å². The highest BCUT2D eigenvalue weighted by atomic mass is 35.5. The topological polar surface area (TPSA) is 55.4 Å². The number of rotatable bonds is 4. The van der Waals surface area contributed by atoms with Gasteiger partial charge in [-0.25, -0.2) is 0 Å². The van der Waals surface area contributed by atoms with E-state index in [0.29, 0.717) is 18.6 Å². The molecular weight excluding hydrogens is 290 g/mol. The van der Waals surface area contributed by atoms with E-state index >= 15 is 0 Å². The van der Waals surface area contributed by atoms with E-state index in [2.05, 4.69) is 19.2 Å². The number of Topliss-reactive ketones (excluding diaryl/α,β-unsaturated/α-hetero) is 1. The van der Waals surface area contributed by atoms with Gasteiger partial charge in [-0.2, -0.15) is 0 Å². The van der Waals surface area contributed by atoms with Gasteiger partial charge in [0.15, 0.2) is 5.78 Å². The van der Waals surface area contributed by atoms with Gasteiger partial charge in [0.1, 0.15) is 5.75 Å². The van der Waals surface area contributed by atoms with E-state index in [9.17, 15) is 9.59 Å². The second-order valence-electron chi connectivity index (χ2n) is 5.59. The van der Waals surface area contributed by atoms with Crippen molar-refractivity contribution in [2.45, 2.75) is 39.2 Å². The normalized spacial score (nSPS) is 17.1. The predicted octanol–water partition coefficient (Wildman–Crippen LogP) is 3.19. The van der Waals surface area contributed by atoms with E-state index < -0.39 is 0 Å². The first-order valence-electron chi connectivity index (χ1n) is 7.11. The summed E-state index contributed by atoms with van der Waals surface area (Å²) in [7, 11) is 0. The van der Waals surface area contributed by atoms with E-state index in [-0.39, 0.29) is 29.5 Å². The fraction of sp³-hybridized carbons (Fsp3) is 0.500. The van der Waals surface area contributed by atoms with Gasteiger partial charge >= 0.3 is 0 Å². The number of hydrogen-bond acceptors (Lipinski definition) is 3. The molecule has 2 rings (SSSR count). The SMILES string of the molecule is CC(=O)NC1CCOc2c(C(C)C)cc(C(=O)CCl)cc21. The standard InChI is InChI=1S/C16H20ClNO3/c1-9(2)12-6-11(15(20)8-17)7-13-14(18-10(3)19)4-5-21-16(12)13/h6-7,9,14H,4-5,8H2,1-3H3,(H,18,19). The van der Waals surface area contributed by atoms with Crippen LogP contribution in [0.5, 0.6) is 5.75 Å². The highest BCUT2D eigenvalue weighted by Crippen LogP contribution is 2.39. The third-order valence-electron chi connectivity index (χ3n) is 3.62. The quantitative estimate of drug-likeness (QED) is 0.686. The maximum Gasteiger partial charge on any atom is 0.217 e. The van der Waals surface area contributed by atoms with Crippen molar-refractivity contribution in [3.8, 4) is 5.75 Å². The van der Waals surface area contributed by atoms with Crippen LogP contribution in [0.1, 0.15) is 60.6 Å². The highest BCUT2D eigenvalue weighted by molar-refractivity contribution is 6.30. The zero-order valence-corrected chi connectivity index (χ0v) is 13.3. The van der Waals surface area contributed by atoms with Gasteiger partial charge in [0.05, 0.1) is 18.5 Å². The summed E-state index contributed by atoms with van der Waals surface area (Å²) in [5.41, 5.74) is 2.43. The molecule has 0 aromatic heterocycles. The molecule has 0 saturated carbocycles. The van der Waals surface area contributed by atoms with Crippen LogP contribution in [0.2, 0.25) is 0 Å². The smallest absolute Gasteiger partial charge is 0.217 e. The van der Waals surface area contributed by atoms with Gasteiger partial charge in [0.2, 0.25) is 5.91 Å². The van der Waals surface area contributed by atoms with Gasteiger partial charge in [0.25, 0.3) is 0 Å². The summed E-state index contributed by atoms with van der Waals surface area (Å²) >= 11 is 5.67. The minimum absolute atomic E-state index is 0.0536. The fourth-order valence-electron chi connectivity index (χ4n) is 2.60. The van der Waals surface area contributed by atoms with Crippen LogP contribution in [0.3, 0.4) is 0 Å². The molecule has 1 amide bonds. The number of ether oxygens (including phenoxy) is 1. The highest BCUT2D eigenvalue weighted by Gasteiger charge is 2.27. The van der Waals surface area contributed by atoms with E-state index in [1.807, 2.05) is 6.07 Å². The lowest BCUT2D eigenvalue weighted by molar-refractivity contribution is -0.119. The minimum atomic E-state index is -0.119. The van der Waals surface area contributed by atoms with Gasteiger partial charge in [-0.15, -0.1) is 11.6 Å². The average molecular weight is 310 g/mol. The molecular formula is C16H20ClNO3. The van der Waals surface area contributed by atoms with Crippen LogP contribution < -0.4 is 10.1 Å². The predicted molar refractivity (Wildman–Crippen MR) is 82.3 cm³/mol. The Hall–Kier alpha value is -1.55. The monoisotopic (exact) mass is 309 g/mol. The Balaban J connectivity index is 2.55. The van der Waals surface area contributed by atoms with Crippen LogP contribution in [0, 0.1) is 0 Å². The maximum absolute atomic E-state index is 11.9. The summed E-state index contributed by atoms with van der Waals surface area (Å²) in [5.74, 6) is 0.752. The summed E-state index contributed by atoms with van der Waals surface area (Å²) in [6.07, 6.45) is 0.697. The Labute approximate surface area is 129 Å². The largest absolute Gasteiger partial charge is 0.493 e. The van der Waals surface area contributed by atoms with Crippen molar-refractivity contribution in [3.05, 3.63) is 28.8 Å². The number of hydrogen-bond donors (Lipinski definition) is 1. The van der Waals surface area contributed by atoms with E-state index in [1.165, 1.54) is 6.92 Å². The van der Waals surface area contributed by atoms with Crippen molar-refractivity contribution in [1.82, 2.24) is 5.32 Å². The summed E-state index contributed by atoms with van der Waals surface area (Å²) in [4.78, 5) is 23.3. The summed E-state index contributed by atoms with van der Waals surface area (Å²) in [6.45, 7) is 6.15. The molecule has 1 aromatic rings. The number of nitrogens with one attached hydrogen (secondary N) is 1. The molecule has 21 heavy (non-hydrogen) atoms. The number of carbonyl (C=O) groups is 2. The third-order valence-corrected chi connectivity index (χ3v) is 3.86. The number of ketones is 1. The summed E-state index contributed by atoms with van der Waals surface area (Å²) < 4.78 is 5.80. The second-order valence-corrected chi connectivity index (χ2v) is 5.85. The van der Waals surface area contributed by atoms with Crippen molar-refractivity contribution in [2.75, 3.05) is 12.5 Å².